The quantitative estimate of drug-likeness (QED) is 0.919. The minimum atomic E-state index is -2.81. The number of benzene rings is 1. The predicted octanol–water partition coefficient (Wildman–Crippen LogP) is 2.26. The fourth-order valence-corrected chi connectivity index (χ4v) is 4.99. The summed E-state index contributed by atoms with van der Waals surface area (Å²) in [5.74, 6) is 1.65. The summed E-state index contributed by atoms with van der Waals surface area (Å²) in [6.45, 7) is 0. The van der Waals surface area contributed by atoms with Crippen molar-refractivity contribution in [2.75, 3.05) is 18.6 Å². The zero-order valence-electron chi connectivity index (χ0n) is 11.3. The van der Waals surface area contributed by atoms with Crippen molar-refractivity contribution in [3.05, 3.63) is 35.4 Å². The van der Waals surface area contributed by atoms with Crippen molar-refractivity contribution in [2.45, 2.75) is 31.2 Å². The monoisotopic (exact) mass is 279 g/mol. The Labute approximate surface area is 115 Å². The Kier molecular flexibility index (Phi) is 3.39. The molecule has 2 unspecified atom stereocenters. The standard InChI is InChI=1S/C15H21NO2S/c1-16-15(14-8-9-19(17,18)10-14)13-6-4-12(5-7-13)11-2-3-11/h4-7,11,14-16H,2-3,8-10H2,1H3. The van der Waals surface area contributed by atoms with Crippen LogP contribution in [0.2, 0.25) is 0 Å². The van der Waals surface area contributed by atoms with Gasteiger partial charge in [-0.1, -0.05) is 24.3 Å². The van der Waals surface area contributed by atoms with Gasteiger partial charge in [0, 0.05) is 6.04 Å². The first-order chi connectivity index (χ1) is 9.09. The van der Waals surface area contributed by atoms with E-state index in [-0.39, 0.29) is 12.0 Å². The lowest BCUT2D eigenvalue weighted by Gasteiger charge is -2.22. The maximum Gasteiger partial charge on any atom is 0.150 e. The van der Waals surface area contributed by atoms with Crippen LogP contribution in [-0.4, -0.2) is 27.0 Å². The molecule has 1 aliphatic carbocycles. The molecule has 1 aromatic carbocycles. The smallest absolute Gasteiger partial charge is 0.150 e. The van der Waals surface area contributed by atoms with E-state index in [0.717, 1.165) is 12.3 Å². The summed E-state index contributed by atoms with van der Waals surface area (Å²) in [5, 5.41) is 3.30. The molecule has 0 amide bonds. The van der Waals surface area contributed by atoms with Crippen molar-refractivity contribution in [3.63, 3.8) is 0 Å². The number of sulfone groups is 1. The molecule has 1 aromatic rings. The van der Waals surface area contributed by atoms with Gasteiger partial charge in [0.25, 0.3) is 0 Å². The van der Waals surface area contributed by atoms with Gasteiger partial charge in [-0.15, -0.1) is 0 Å². The lowest BCUT2D eigenvalue weighted by atomic mass is 9.92. The third kappa shape index (κ3) is 2.84. The molecule has 0 spiro atoms. The van der Waals surface area contributed by atoms with Crippen molar-refractivity contribution < 1.29 is 8.42 Å². The van der Waals surface area contributed by atoms with E-state index in [1.54, 1.807) is 0 Å². The fraction of sp³-hybridized carbons (Fsp3) is 0.600. The van der Waals surface area contributed by atoms with E-state index in [0.29, 0.717) is 11.5 Å². The van der Waals surface area contributed by atoms with Crippen molar-refractivity contribution in [3.8, 4) is 0 Å². The van der Waals surface area contributed by atoms with Crippen LogP contribution in [0.4, 0.5) is 0 Å². The number of rotatable bonds is 4. The molecular weight excluding hydrogens is 258 g/mol. The molecule has 1 saturated carbocycles. The van der Waals surface area contributed by atoms with E-state index in [2.05, 4.69) is 29.6 Å². The number of nitrogens with one attached hydrogen (secondary N) is 1. The van der Waals surface area contributed by atoms with Crippen molar-refractivity contribution >= 4 is 9.84 Å². The molecule has 0 aromatic heterocycles. The third-order valence-electron chi connectivity index (χ3n) is 4.39. The van der Waals surface area contributed by atoms with Gasteiger partial charge in [-0.25, -0.2) is 8.42 Å². The van der Waals surface area contributed by atoms with E-state index in [9.17, 15) is 8.42 Å². The molecule has 3 nitrogen and oxygen atoms in total. The molecule has 1 heterocycles. The third-order valence-corrected chi connectivity index (χ3v) is 6.19. The Morgan fingerprint density at radius 1 is 1.16 bits per heavy atom. The van der Waals surface area contributed by atoms with Crippen LogP contribution in [0, 0.1) is 5.92 Å². The van der Waals surface area contributed by atoms with Crippen LogP contribution in [0.25, 0.3) is 0 Å². The van der Waals surface area contributed by atoms with E-state index >= 15 is 0 Å². The molecule has 4 heteroatoms. The van der Waals surface area contributed by atoms with Gasteiger partial charge in [0.15, 0.2) is 9.84 Å². The van der Waals surface area contributed by atoms with Gasteiger partial charge in [-0.05, 0) is 49.3 Å². The Morgan fingerprint density at radius 2 is 1.84 bits per heavy atom. The van der Waals surface area contributed by atoms with Gasteiger partial charge >= 0.3 is 0 Å². The van der Waals surface area contributed by atoms with Crippen LogP contribution >= 0.6 is 0 Å². The van der Waals surface area contributed by atoms with Crippen LogP contribution in [0.5, 0.6) is 0 Å². The zero-order chi connectivity index (χ0) is 13.5. The zero-order valence-corrected chi connectivity index (χ0v) is 12.1. The molecule has 19 heavy (non-hydrogen) atoms. The number of hydrogen-bond donors (Lipinski definition) is 1. The van der Waals surface area contributed by atoms with Gasteiger partial charge in [-0.2, -0.15) is 0 Å². The maximum atomic E-state index is 11.6. The minimum absolute atomic E-state index is 0.158. The summed E-state index contributed by atoms with van der Waals surface area (Å²) < 4.78 is 23.2. The first-order valence-electron chi connectivity index (χ1n) is 7.06. The first kappa shape index (κ1) is 13.1. The summed E-state index contributed by atoms with van der Waals surface area (Å²) >= 11 is 0. The normalized spacial score (nSPS) is 27.3. The highest BCUT2D eigenvalue weighted by Gasteiger charge is 2.34. The molecule has 3 rings (SSSR count). The van der Waals surface area contributed by atoms with Crippen LogP contribution in [0.15, 0.2) is 24.3 Å². The number of hydrogen-bond acceptors (Lipinski definition) is 3. The molecule has 104 valence electrons. The molecule has 2 fully saturated rings. The van der Waals surface area contributed by atoms with E-state index < -0.39 is 9.84 Å². The summed E-state index contributed by atoms with van der Waals surface area (Å²) in [4.78, 5) is 0. The summed E-state index contributed by atoms with van der Waals surface area (Å²) in [6, 6.07) is 8.91. The van der Waals surface area contributed by atoms with E-state index in [1.165, 1.54) is 24.0 Å². The molecule has 2 aliphatic rings. The Morgan fingerprint density at radius 3 is 2.32 bits per heavy atom. The molecule has 1 aliphatic heterocycles. The van der Waals surface area contributed by atoms with Crippen molar-refractivity contribution in [2.24, 2.45) is 5.92 Å². The Bertz CT molecular complexity index is 546. The predicted molar refractivity (Wildman–Crippen MR) is 77.0 cm³/mol. The molecular formula is C15H21NO2S. The summed E-state index contributed by atoms with van der Waals surface area (Å²) in [5.41, 5.74) is 2.65. The molecule has 2 atom stereocenters. The van der Waals surface area contributed by atoms with Gasteiger partial charge in [0.05, 0.1) is 11.5 Å². The Balaban J connectivity index is 1.77. The first-order valence-corrected chi connectivity index (χ1v) is 8.89. The maximum absolute atomic E-state index is 11.6. The molecule has 0 bridgehead atoms. The highest BCUT2D eigenvalue weighted by atomic mass is 32.2. The van der Waals surface area contributed by atoms with Crippen LogP contribution in [0.1, 0.15) is 42.3 Å². The molecule has 1 saturated heterocycles. The second kappa shape index (κ2) is 4.91. The lowest BCUT2D eigenvalue weighted by molar-refractivity contribution is 0.418. The summed E-state index contributed by atoms with van der Waals surface area (Å²) in [6.07, 6.45) is 3.41. The van der Waals surface area contributed by atoms with Crippen LogP contribution in [0.3, 0.4) is 0 Å². The van der Waals surface area contributed by atoms with E-state index in [4.69, 9.17) is 0 Å². The minimum Gasteiger partial charge on any atom is -0.313 e. The molecule has 1 N–H and O–H groups in total. The topological polar surface area (TPSA) is 46.2 Å². The van der Waals surface area contributed by atoms with E-state index in [1.807, 2.05) is 7.05 Å². The highest BCUT2D eigenvalue weighted by Crippen LogP contribution is 2.40. The second-order valence-corrected chi connectivity index (χ2v) is 8.10. The second-order valence-electron chi connectivity index (χ2n) is 5.87. The average Bonchev–Trinajstić information content (AvgIpc) is 3.17. The van der Waals surface area contributed by atoms with Crippen molar-refractivity contribution in [1.29, 1.82) is 0 Å². The largest absolute Gasteiger partial charge is 0.313 e. The van der Waals surface area contributed by atoms with Crippen LogP contribution in [-0.2, 0) is 9.84 Å². The summed E-state index contributed by atoms with van der Waals surface area (Å²) in [7, 11) is -0.889. The average molecular weight is 279 g/mol. The fourth-order valence-electron chi connectivity index (χ4n) is 3.15. The van der Waals surface area contributed by atoms with Crippen molar-refractivity contribution in [1.82, 2.24) is 5.32 Å². The Hall–Kier alpha value is -0.870. The lowest BCUT2D eigenvalue weighted by Crippen LogP contribution is -2.26. The van der Waals surface area contributed by atoms with Crippen LogP contribution < -0.4 is 5.32 Å². The molecule has 0 radical (unpaired) electrons. The SMILES string of the molecule is CNC(c1ccc(C2CC2)cc1)C1CCS(=O)(=O)C1. The van der Waals surface area contributed by atoms with Gasteiger partial charge in [0.2, 0.25) is 0 Å². The highest BCUT2D eigenvalue weighted by molar-refractivity contribution is 7.91. The van der Waals surface area contributed by atoms with Gasteiger partial charge < -0.3 is 5.32 Å². The van der Waals surface area contributed by atoms with Gasteiger partial charge in [0.1, 0.15) is 0 Å². The van der Waals surface area contributed by atoms with Gasteiger partial charge in [-0.3, -0.25) is 0 Å².